The zero-order valence-electron chi connectivity index (χ0n) is 21.2. The fourth-order valence-electron chi connectivity index (χ4n) is 5.10. The fraction of sp³-hybridized carbons (Fsp3) is 0.345. The number of hydrogen-bond donors (Lipinski definition) is 2. The number of amides is 1. The van der Waals surface area contributed by atoms with Gasteiger partial charge in [0.1, 0.15) is 0 Å². The summed E-state index contributed by atoms with van der Waals surface area (Å²) in [5, 5.41) is 7.06. The normalized spacial score (nSPS) is 18.9. The molecule has 0 radical (unpaired) electrons. The average Bonchev–Trinajstić information content (AvgIpc) is 2.88. The highest BCUT2D eigenvalue weighted by atomic mass is 35.5. The summed E-state index contributed by atoms with van der Waals surface area (Å²) >= 11 is 6.00. The van der Waals surface area contributed by atoms with Crippen molar-refractivity contribution in [1.29, 1.82) is 0 Å². The van der Waals surface area contributed by atoms with Crippen molar-refractivity contribution < 1.29 is 4.79 Å². The molecule has 3 aromatic rings. The summed E-state index contributed by atoms with van der Waals surface area (Å²) in [6.45, 7) is 8.21. The first kappa shape index (κ1) is 25.7. The second-order valence-electron chi connectivity index (χ2n) is 9.37. The van der Waals surface area contributed by atoms with Gasteiger partial charge in [0.2, 0.25) is 11.9 Å². The fourth-order valence-corrected chi connectivity index (χ4v) is 5.20. The molecule has 0 aliphatic carbocycles. The van der Waals surface area contributed by atoms with Crippen LogP contribution in [0.4, 0.5) is 17.3 Å². The van der Waals surface area contributed by atoms with Gasteiger partial charge < -0.3 is 15.5 Å². The van der Waals surface area contributed by atoms with E-state index in [1.165, 1.54) is 11.3 Å². The van der Waals surface area contributed by atoms with Gasteiger partial charge in [-0.05, 0) is 60.2 Å². The van der Waals surface area contributed by atoms with Crippen LogP contribution < -0.4 is 15.5 Å². The van der Waals surface area contributed by atoms with E-state index < -0.39 is 0 Å². The molecule has 2 heterocycles. The Kier molecular flexibility index (Phi) is 8.26. The van der Waals surface area contributed by atoms with Crippen LogP contribution in [0.3, 0.4) is 0 Å². The summed E-state index contributed by atoms with van der Waals surface area (Å²) in [5.74, 6) is 0.931. The molecule has 36 heavy (non-hydrogen) atoms. The van der Waals surface area contributed by atoms with Crippen molar-refractivity contribution in [2.24, 2.45) is 5.92 Å². The van der Waals surface area contributed by atoms with Crippen LogP contribution in [-0.4, -0.2) is 29.0 Å². The summed E-state index contributed by atoms with van der Waals surface area (Å²) in [5.41, 5.74) is 5.44. The number of benzene rings is 2. The van der Waals surface area contributed by atoms with Crippen molar-refractivity contribution in [3.05, 3.63) is 78.1 Å². The minimum atomic E-state index is 0.0271. The van der Waals surface area contributed by atoms with E-state index in [0.717, 1.165) is 36.1 Å². The average molecular weight is 504 g/mol. The second-order valence-corrected chi connectivity index (χ2v) is 9.81. The summed E-state index contributed by atoms with van der Waals surface area (Å²) in [6, 6.07) is 15.1. The number of hydrogen-bond acceptors (Lipinski definition) is 5. The van der Waals surface area contributed by atoms with Crippen molar-refractivity contribution in [3.8, 4) is 11.1 Å². The summed E-state index contributed by atoms with van der Waals surface area (Å²) in [6.07, 6.45) is 8.26. The number of nitrogens with one attached hydrogen (secondary N) is 2. The lowest BCUT2D eigenvalue weighted by Crippen LogP contribution is -2.45. The lowest BCUT2D eigenvalue weighted by atomic mass is 9.80. The standard InChI is InChI=1S/C29H34ClN5O/c1-5-7-8-9-27(36)33-23-13-10-20(11-14-23)21-12-15-26-24(16-21)28(19(3)25(6-2)35(26)4)34-29-31-17-22(30)18-32-29/h5,10-19,25,28H,1,6-9H2,2-4H3,(H,33,36)(H,31,32,34)/t19-,25+,28?/m1/s1. The van der Waals surface area contributed by atoms with E-state index in [2.05, 4.69) is 83.3 Å². The van der Waals surface area contributed by atoms with Crippen molar-refractivity contribution in [2.45, 2.75) is 51.6 Å². The molecule has 6 nitrogen and oxygen atoms in total. The Bertz CT molecular complexity index is 1200. The Labute approximate surface area is 218 Å². The molecule has 0 saturated heterocycles. The molecule has 1 aromatic heterocycles. The quantitative estimate of drug-likeness (QED) is 0.240. The van der Waals surface area contributed by atoms with Gasteiger partial charge in [-0.3, -0.25) is 4.79 Å². The largest absolute Gasteiger partial charge is 0.371 e. The number of anilines is 3. The number of halogens is 1. The van der Waals surface area contributed by atoms with Gasteiger partial charge in [-0.15, -0.1) is 6.58 Å². The first-order chi connectivity index (χ1) is 17.4. The lowest BCUT2D eigenvalue weighted by Gasteiger charge is -2.45. The highest BCUT2D eigenvalue weighted by Gasteiger charge is 2.36. The van der Waals surface area contributed by atoms with E-state index in [1.54, 1.807) is 12.4 Å². The Morgan fingerprint density at radius 2 is 1.83 bits per heavy atom. The molecule has 0 bridgehead atoms. The second kappa shape index (κ2) is 11.6. The van der Waals surface area contributed by atoms with Crippen molar-refractivity contribution in [1.82, 2.24) is 9.97 Å². The topological polar surface area (TPSA) is 70.1 Å². The van der Waals surface area contributed by atoms with Crippen LogP contribution in [0, 0.1) is 5.92 Å². The molecular formula is C29H34ClN5O. The third-order valence-corrected chi connectivity index (χ3v) is 7.21. The van der Waals surface area contributed by atoms with Gasteiger partial charge in [0.05, 0.1) is 23.5 Å². The summed E-state index contributed by atoms with van der Waals surface area (Å²) in [7, 11) is 2.17. The summed E-state index contributed by atoms with van der Waals surface area (Å²) < 4.78 is 0. The van der Waals surface area contributed by atoms with Gasteiger partial charge >= 0.3 is 0 Å². The molecular weight excluding hydrogens is 470 g/mol. The highest BCUT2D eigenvalue weighted by molar-refractivity contribution is 6.30. The van der Waals surface area contributed by atoms with Crippen LogP contribution in [0.5, 0.6) is 0 Å². The van der Waals surface area contributed by atoms with Crippen molar-refractivity contribution in [3.63, 3.8) is 0 Å². The number of allylic oxidation sites excluding steroid dienone is 1. The molecule has 0 fully saturated rings. The number of carbonyl (C=O) groups is 1. The molecule has 1 amide bonds. The minimum absolute atomic E-state index is 0.0271. The molecule has 2 aromatic carbocycles. The van der Waals surface area contributed by atoms with E-state index in [0.29, 0.717) is 29.4 Å². The molecule has 2 N–H and O–H groups in total. The molecule has 1 unspecified atom stereocenters. The van der Waals surface area contributed by atoms with Crippen LogP contribution >= 0.6 is 11.6 Å². The van der Waals surface area contributed by atoms with Gasteiger partial charge in [0.25, 0.3) is 0 Å². The Morgan fingerprint density at radius 3 is 2.50 bits per heavy atom. The number of nitrogens with zero attached hydrogens (tertiary/aromatic N) is 3. The van der Waals surface area contributed by atoms with Crippen molar-refractivity contribution in [2.75, 3.05) is 22.6 Å². The molecule has 4 rings (SSSR count). The molecule has 0 saturated carbocycles. The maximum atomic E-state index is 12.1. The van der Waals surface area contributed by atoms with Crippen LogP contribution in [0.1, 0.15) is 51.1 Å². The van der Waals surface area contributed by atoms with Gasteiger partial charge in [-0.2, -0.15) is 0 Å². The van der Waals surface area contributed by atoms with Crippen LogP contribution in [0.25, 0.3) is 11.1 Å². The maximum Gasteiger partial charge on any atom is 0.224 e. The van der Waals surface area contributed by atoms with E-state index in [-0.39, 0.29) is 11.9 Å². The van der Waals surface area contributed by atoms with Crippen LogP contribution in [0.2, 0.25) is 5.02 Å². The maximum absolute atomic E-state index is 12.1. The van der Waals surface area contributed by atoms with Crippen molar-refractivity contribution >= 4 is 34.8 Å². The number of fused-ring (bicyclic) bond motifs is 1. The number of carbonyl (C=O) groups excluding carboxylic acids is 1. The van der Waals surface area contributed by atoms with Crippen LogP contribution in [-0.2, 0) is 4.79 Å². The Morgan fingerprint density at radius 1 is 1.14 bits per heavy atom. The third kappa shape index (κ3) is 5.71. The van der Waals surface area contributed by atoms with Gasteiger partial charge in [-0.1, -0.05) is 49.7 Å². The summed E-state index contributed by atoms with van der Waals surface area (Å²) in [4.78, 5) is 23.3. The van der Waals surface area contributed by atoms with Gasteiger partial charge in [-0.25, -0.2) is 9.97 Å². The zero-order valence-corrected chi connectivity index (χ0v) is 21.9. The monoisotopic (exact) mass is 503 g/mol. The van der Waals surface area contributed by atoms with E-state index in [4.69, 9.17) is 11.6 Å². The molecule has 7 heteroatoms. The number of aromatic nitrogens is 2. The zero-order chi connectivity index (χ0) is 25.7. The van der Waals surface area contributed by atoms with Gasteiger partial charge in [0.15, 0.2) is 0 Å². The predicted molar refractivity (Wildman–Crippen MR) is 150 cm³/mol. The molecule has 0 spiro atoms. The highest BCUT2D eigenvalue weighted by Crippen LogP contribution is 2.44. The first-order valence-corrected chi connectivity index (χ1v) is 12.9. The molecule has 3 atom stereocenters. The molecule has 188 valence electrons. The predicted octanol–water partition coefficient (Wildman–Crippen LogP) is 7.11. The molecule has 1 aliphatic heterocycles. The molecule has 1 aliphatic rings. The smallest absolute Gasteiger partial charge is 0.224 e. The third-order valence-electron chi connectivity index (χ3n) is 7.01. The van der Waals surface area contributed by atoms with Crippen LogP contribution in [0.15, 0.2) is 67.5 Å². The lowest BCUT2D eigenvalue weighted by molar-refractivity contribution is -0.116. The Balaban J connectivity index is 1.60. The Hall–Kier alpha value is -3.38. The number of rotatable bonds is 9. The van der Waals surface area contributed by atoms with E-state index >= 15 is 0 Å². The van der Waals surface area contributed by atoms with Gasteiger partial charge in [0, 0.05) is 36.8 Å². The van der Waals surface area contributed by atoms with E-state index in [1.807, 2.05) is 18.2 Å². The number of unbranched alkanes of at least 4 members (excludes halogenated alkanes) is 1. The minimum Gasteiger partial charge on any atom is -0.371 e. The SMILES string of the molecule is C=CCCCC(=O)Nc1ccc(-c2ccc3c(c2)C(Nc2ncc(Cl)cn2)[C@H](C)[C@H](CC)N3C)cc1. The first-order valence-electron chi connectivity index (χ1n) is 12.5. The van der Waals surface area contributed by atoms with E-state index in [9.17, 15) is 4.79 Å².